The molecule has 1 aromatic rings. The molecule has 0 bridgehead atoms. The van der Waals surface area contributed by atoms with E-state index in [0.717, 1.165) is 4.90 Å². The summed E-state index contributed by atoms with van der Waals surface area (Å²) in [7, 11) is 0. The number of carboxylic acids is 1. The van der Waals surface area contributed by atoms with E-state index in [1.807, 2.05) is 0 Å². The Hall–Kier alpha value is -1.41. The SMILES string of the molecule is CSc1ccc(Cl)c(CC(NC(=O)C(F)(F)F)C(=O)O)c1. The number of carboxylic acid groups (broad SMARTS) is 1. The summed E-state index contributed by atoms with van der Waals surface area (Å²) in [5.41, 5.74) is 0.346. The van der Waals surface area contributed by atoms with Crippen molar-refractivity contribution in [3.05, 3.63) is 28.8 Å². The number of amides is 1. The Kier molecular flexibility index (Phi) is 5.91. The summed E-state index contributed by atoms with van der Waals surface area (Å²) in [5, 5.41) is 10.6. The molecule has 1 atom stereocenters. The highest BCUT2D eigenvalue weighted by Crippen LogP contribution is 2.24. The van der Waals surface area contributed by atoms with Crippen LogP contribution in [0.5, 0.6) is 0 Å². The molecular formula is C12H11ClF3NO3S. The molecule has 116 valence electrons. The number of thioether (sulfide) groups is 1. The smallest absolute Gasteiger partial charge is 0.471 e. The molecule has 0 heterocycles. The summed E-state index contributed by atoms with van der Waals surface area (Å²) < 4.78 is 36.5. The molecule has 21 heavy (non-hydrogen) atoms. The average molecular weight is 342 g/mol. The van der Waals surface area contributed by atoms with Gasteiger partial charge in [-0.25, -0.2) is 4.79 Å². The first-order valence-electron chi connectivity index (χ1n) is 5.58. The number of carbonyl (C=O) groups is 2. The number of benzene rings is 1. The van der Waals surface area contributed by atoms with Gasteiger partial charge in [0.15, 0.2) is 0 Å². The fraction of sp³-hybridized carbons (Fsp3) is 0.333. The highest BCUT2D eigenvalue weighted by atomic mass is 35.5. The lowest BCUT2D eigenvalue weighted by Crippen LogP contribution is -2.47. The van der Waals surface area contributed by atoms with Gasteiger partial charge in [0.2, 0.25) is 0 Å². The van der Waals surface area contributed by atoms with Crippen molar-refractivity contribution in [2.45, 2.75) is 23.5 Å². The summed E-state index contributed by atoms with van der Waals surface area (Å²) in [4.78, 5) is 22.6. The van der Waals surface area contributed by atoms with E-state index >= 15 is 0 Å². The Labute approximate surface area is 127 Å². The molecule has 1 unspecified atom stereocenters. The molecule has 0 saturated heterocycles. The second-order valence-electron chi connectivity index (χ2n) is 4.02. The van der Waals surface area contributed by atoms with Crippen LogP contribution in [0, 0.1) is 0 Å². The highest BCUT2D eigenvalue weighted by Gasteiger charge is 2.40. The molecule has 0 fully saturated rings. The van der Waals surface area contributed by atoms with E-state index in [2.05, 4.69) is 0 Å². The van der Waals surface area contributed by atoms with Gasteiger partial charge in [-0.05, 0) is 30.0 Å². The summed E-state index contributed by atoms with van der Waals surface area (Å²) in [6.45, 7) is 0. The summed E-state index contributed by atoms with van der Waals surface area (Å²) in [6.07, 6.45) is -3.70. The lowest BCUT2D eigenvalue weighted by molar-refractivity contribution is -0.175. The second-order valence-corrected chi connectivity index (χ2v) is 5.31. The molecule has 2 N–H and O–H groups in total. The number of aliphatic carboxylic acids is 1. The molecule has 4 nitrogen and oxygen atoms in total. The summed E-state index contributed by atoms with van der Waals surface area (Å²) in [5.74, 6) is -3.87. The quantitative estimate of drug-likeness (QED) is 0.808. The largest absolute Gasteiger partial charge is 0.480 e. The van der Waals surface area contributed by atoms with Crippen LogP contribution in [-0.4, -0.2) is 35.5 Å². The van der Waals surface area contributed by atoms with Crippen LogP contribution in [0.2, 0.25) is 5.02 Å². The van der Waals surface area contributed by atoms with Crippen LogP contribution in [0.25, 0.3) is 0 Å². The Morgan fingerprint density at radius 1 is 1.43 bits per heavy atom. The second kappa shape index (κ2) is 7.04. The molecule has 0 saturated carbocycles. The molecule has 1 rings (SSSR count). The predicted octanol–water partition coefficient (Wildman–Crippen LogP) is 2.74. The van der Waals surface area contributed by atoms with Crippen molar-refractivity contribution in [2.24, 2.45) is 0 Å². The number of nitrogens with one attached hydrogen (secondary N) is 1. The van der Waals surface area contributed by atoms with Crippen molar-refractivity contribution in [2.75, 3.05) is 6.26 Å². The van der Waals surface area contributed by atoms with Gasteiger partial charge in [0.25, 0.3) is 0 Å². The zero-order chi connectivity index (χ0) is 16.2. The minimum absolute atomic E-state index is 0.223. The van der Waals surface area contributed by atoms with Crippen LogP contribution in [-0.2, 0) is 16.0 Å². The van der Waals surface area contributed by atoms with Crippen molar-refractivity contribution in [1.29, 1.82) is 0 Å². The van der Waals surface area contributed by atoms with Gasteiger partial charge >= 0.3 is 18.1 Å². The van der Waals surface area contributed by atoms with Gasteiger partial charge in [-0.2, -0.15) is 13.2 Å². The van der Waals surface area contributed by atoms with Crippen LogP contribution < -0.4 is 5.32 Å². The fourth-order valence-corrected chi connectivity index (χ4v) is 2.15. The van der Waals surface area contributed by atoms with E-state index in [-0.39, 0.29) is 11.4 Å². The van der Waals surface area contributed by atoms with Gasteiger partial charge < -0.3 is 10.4 Å². The molecule has 1 amide bonds. The normalized spacial score (nSPS) is 12.8. The first kappa shape index (κ1) is 17.6. The maximum absolute atomic E-state index is 12.2. The monoisotopic (exact) mass is 341 g/mol. The lowest BCUT2D eigenvalue weighted by atomic mass is 10.1. The number of carbonyl (C=O) groups excluding carboxylic acids is 1. The van der Waals surface area contributed by atoms with Crippen LogP contribution in [0.3, 0.4) is 0 Å². The van der Waals surface area contributed by atoms with Crippen molar-refractivity contribution in [3.63, 3.8) is 0 Å². The molecule has 0 aliphatic heterocycles. The Bertz CT molecular complexity index is 551. The lowest BCUT2D eigenvalue weighted by Gasteiger charge is -2.16. The molecule has 0 aromatic heterocycles. The standard InChI is InChI=1S/C12H11ClF3NO3S/c1-21-7-2-3-8(13)6(4-7)5-9(10(18)19)17-11(20)12(14,15)16/h2-4,9H,5H2,1H3,(H,17,20)(H,18,19). The van der Waals surface area contributed by atoms with E-state index in [9.17, 15) is 22.8 Å². The molecule has 0 spiro atoms. The Morgan fingerprint density at radius 3 is 2.52 bits per heavy atom. The maximum atomic E-state index is 12.2. The average Bonchev–Trinajstić information content (AvgIpc) is 2.38. The van der Waals surface area contributed by atoms with Crippen molar-refractivity contribution < 1.29 is 27.9 Å². The predicted molar refractivity (Wildman–Crippen MR) is 72.6 cm³/mol. The highest BCUT2D eigenvalue weighted by molar-refractivity contribution is 7.98. The van der Waals surface area contributed by atoms with Gasteiger partial charge in [-0.3, -0.25) is 4.79 Å². The first-order valence-corrected chi connectivity index (χ1v) is 7.18. The van der Waals surface area contributed by atoms with Crippen LogP contribution in [0.1, 0.15) is 5.56 Å². The van der Waals surface area contributed by atoms with Crippen LogP contribution in [0.15, 0.2) is 23.1 Å². The first-order chi connectivity index (χ1) is 9.65. The van der Waals surface area contributed by atoms with E-state index in [1.165, 1.54) is 23.1 Å². The Morgan fingerprint density at radius 2 is 2.05 bits per heavy atom. The van der Waals surface area contributed by atoms with Crippen LogP contribution in [0.4, 0.5) is 13.2 Å². The number of hydrogen-bond acceptors (Lipinski definition) is 3. The number of alkyl halides is 3. The van der Waals surface area contributed by atoms with Gasteiger partial charge in [0, 0.05) is 16.3 Å². The molecule has 0 radical (unpaired) electrons. The third kappa shape index (κ3) is 5.13. The van der Waals surface area contributed by atoms with Crippen molar-refractivity contribution in [1.82, 2.24) is 5.32 Å². The van der Waals surface area contributed by atoms with E-state index in [1.54, 1.807) is 18.4 Å². The van der Waals surface area contributed by atoms with Crippen LogP contribution >= 0.6 is 23.4 Å². The molecule has 0 aliphatic carbocycles. The van der Waals surface area contributed by atoms with E-state index < -0.39 is 24.1 Å². The van der Waals surface area contributed by atoms with Gasteiger partial charge in [0.1, 0.15) is 6.04 Å². The summed E-state index contributed by atoms with van der Waals surface area (Å²) in [6, 6.07) is 3.07. The molecule has 0 aliphatic rings. The maximum Gasteiger partial charge on any atom is 0.471 e. The number of hydrogen-bond donors (Lipinski definition) is 2. The Balaban J connectivity index is 2.94. The topological polar surface area (TPSA) is 66.4 Å². The van der Waals surface area contributed by atoms with E-state index in [0.29, 0.717) is 5.56 Å². The van der Waals surface area contributed by atoms with Gasteiger partial charge in [0.05, 0.1) is 0 Å². The van der Waals surface area contributed by atoms with Gasteiger partial charge in [-0.1, -0.05) is 11.6 Å². The third-order valence-corrected chi connectivity index (χ3v) is 3.63. The zero-order valence-electron chi connectivity index (χ0n) is 10.7. The molecular weight excluding hydrogens is 331 g/mol. The van der Waals surface area contributed by atoms with E-state index in [4.69, 9.17) is 16.7 Å². The molecule has 1 aromatic carbocycles. The zero-order valence-corrected chi connectivity index (χ0v) is 12.3. The fourth-order valence-electron chi connectivity index (χ4n) is 1.49. The number of rotatable bonds is 5. The van der Waals surface area contributed by atoms with Crippen molar-refractivity contribution in [3.8, 4) is 0 Å². The third-order valence-electron chi connectivity index (χ3n) is 2.54. The number of halogens is 4. The molecule has 9 heteroatoms. The van der Waals surface area contributed by atoms with Gasteiger partial charge in [-0.15, -0.1) is 11.8 Å². The summed E-state index contributed by atoms with van der Waals surface area (Å²) >= 11 is 7.26. The van der Waals surface area contributed by atoms with Crippen molar-refractivity contribution >= 4 is 35.2 Å². The minimum Gasteiger partial charge on any atom is -0.480 e. The minimum atomic E-state index is -5.14.